The van der Waals surface area contributed by atoms with E-state index in [-0.39, 0.29) is 0 Å². The number of aryl methyl sites for hydroxylation is 2. The van der Waals surface area contributed by atoms with Gasteiger partial charge < -0.3 is 0 Å². The molecule has 0 spiro atoms. The first kappa shape index (κ1) is 16.0. The molecule has 0 heterocycles. The maximum absolute atomic E-state index is 2.64. The Bertz CT molecular complexity index is 567. The van der Waals surface area contributed by atoms with E-state index < -0.39 is 8.80 Å². The van der Waals surface area contributed by atoms with Gasteiger partial charge in [-0.05, 0) is 29.7 Å². The van der Waals surface area contributed by atoms with Crippen LogP contribution in [0.1, 0.15) is 31.9 Å². The Morgan fingerprint density at radius 1 is 1.00 bits per heavy atom. The lowest BCUT2D eigenvalue weighted by Crippen LogP contribution is -2.27. The lowest BCUT2D eigenvalue weighted by molar-refractivity contribution is 0.972. The average molecular weight is 396 g/mol. The third kappa shape index (κ3) is 4.07. The standard InChI is InChI=1S/C18H25ISi/c1-13(2)20(15(4)19)10-9-16-6-8-17-11-14(3)5-7-18(17)12-16/h5-8,11-13,15,20H,9-10H2,1-4H3. The molecule has 0 N–H and O–H groups in total. The van der Waals surface area contributed by atoms with Gasteiger partial charge in [0.1, 0.15) is 0 Å². The van der Waals surface area contributed by atoms with Crippen molar-refractivity contribution in [2.75, 3.05) is 0 Å². The summed E-state index contributed by atoms with van der Waals surface area (Å²) in [7, 11) is -0.634. The fourth-order valence-electron chi connectivity index (χ4n) is 3.00. The van der Waals surface area contributed by atoms with Crippen molar-refractivity contribution in [3.05, 3.63) is 47.5 Å². The number of alkyl halides is 1. The van der Waals surface area contributed by atoms with Crippen molar-refractivity contribution in [1.29, 1.82) is 0 Å². The number of hydrogen-bond donors (Lipinski definition) is 0. The van der Waals surface area contributed by atoms with E-state index >= 15 is 0 Å². The van der Waals surface area contributed by atoms with E-state index in [1.807, 2.05) is 0 Å². The summed E-state index contributed by atoms with van der Waals surface area (Å²) in [6.07, 6.45) is 1.26. The average Bonchev–Trinajstić information content (AvgIpc) is 2.38. The molecule has 2 atom stereocenters. The minimum atomic E-state index is -0.634. The Morgan fingerprint density at radius 2 is 1.65 bits per heavy atom. The van der Waals surface area contributed by atoms with Gasteiger partial charge in [-0.1, -0.05) is 96.9 Å². The van der Waals surface area contributed by atoms with E-state index in [1.54, 1.807) is 0 Å². The van der Waals surface area contributed by atoms with Crippen molar-refractivity contribution in [3.63, 3.8) is 0 Å². The van der Waals surface area contributed by atoms with Crippen molar-refractivity contribution in [3.8, 4) is 0 Å². The second kappa shape index (κ2) is 7.08. The minimum Gasteiger partial charge on any atom is -0.0867 e. The first-order valence-corrected chi connectivity index (χ1v) is 11.0. The second-order valence-electron chi connectivity index (χ2n) is 6.31. The molecule has 0 saturated carbocycles. The van der Waals surface area contributed by atoms with Crippen LogP contribution in [0.2, 0.25) is 11.6 Å². The number of hydrogen-bond acceptors (Lipinski definition) is 0. The molecule has 0 aliphatic rings. The van der Waals surface area contributed by atoms with Crippen molar-refractivity contribution >= 4 is 42.2 Å². The summed E-state index contributed by atoms with van der Waals surface area (Å²) in [5.74, 6) is 0. The van der Waals surface area contributed by atoms with Crippen molar-refractivity contribution in [2.24, 2.45) is 0 Å². The Morgan fingerprint density at radius 3 is 2.30 bits per heavy atom. The zero-order chi connectivity index (χ0) is 14.7. The molecule has 0 amide bonds. The van der Waals surface area contributed by atoms with Crippen LogP contribution in [0.3, 0.4) is 0 Å². The maximum Gasteiger partial charge on any atom is 0.0541 e. The summed E-state index contributed by atoms with van der Waals surface area (Å²) in [5, 5.41) is 2.76. The fourth-order valence-corrected chi connectivity index (χ4v) is 9.42. The van der Waals surface area contributed by atoms with E-state index in [1.165, 1.54) is 34.4 Å². The van der Waals surface area contributed by atoms with Crippen molar-refractivity contribution in [2.45, 2.75) is 49.2 Å². The molecule has 0 aliphatic heterocycles. The lowest BCUT2D eigenvalue weighted by atomic mass is 10.0. The number of halogens is 1. The molecule has 2 aromatic rings. The Balaban J connectivity index is 2.12. The van der Waals surface area contributed by atoms with Gasteiger partial charge in [0.05, 0.1) is 8.80 Å². The Kier molecular flexibility index (Phi) is 5.67. The summed E-state index contributed by atoms with van der Waals surface area (Å²) >= 11 is 2.64. The molecular formula is C18H25ISi. The number of rotatable bonds is 5. The molecule has 2 rings (SSSR count). The zero-order valence-corrected chi connectivity index (χ0v) is 16.3. The molecule has 2 heteroatoms. The first-order valence-electron chi connectivity index (χ1n) is 7.60. The monoisotopic (exact) mass is 396 g/mol. The highest BCUT2D eigenvalue weighted by molar-refractivity contribution is 14.1. The fraction of sp³-hybridized carbons (Fsp3) is 0.444. The number of benzene rings is 2. The third-order valence-electron chi connectivity index (χ3n) is 4.27. The Hall–Kier alpha value is -0.353. The molecule has 0 fully saturated rings. The molecule has 2 unspecified atom stereocenters. The number of fused-ring (bicyclic) bond motifs is 1. The van der Waals surface area contributed by atoms with Gasteiger partial charge in [0, 0.05) is 3.55 Å². The van der Waals surface area contributed by atoms with E-state index in [2.05, 4.69) is 86.7 Å². The molecule has 0 nitrogen and oxygen atoms in total. The Labute approximate surface area is 138 Å². The van der Waals surface area contributed by atoms with E-state index in [0.29, 0.717) is 0 Å². The van der Waals surface area contributed by atoms with Gasteiger partial charge in [-0.3, -0.25) is 0 Å². The van der Waals surface area contributed by atoms with E-state index in [9.17, 15) is 0 Å². The van der Waals surface area contributed by atoms with Crippen LogP contribution in [0.25, 0.3) is 10.8 Å². The second-order valence-corrected chi connectivity index (χ2v) is 13.9. The van der Waals surface area contributed by atoms with Crippen LogP contribution in [0.4, 0.5) is 0 Å². The molecule has 20 heavy (non-hydrogen) atoms. The van der Waals surface area contributed by atoms with E-state index in [0.717, 1.165) is 9.09 Å². The highest BCUT2D eigenvalue weighted by Gasteiger charge is 2.20. The molecular weight excluding hydrogens is 371 g/mol. The summed E-state index contributed by atoms with van der Waals surface area (Å²) in [4.78, 5) is 0. The zero-order valence-electron chi connectivity index (χ0n) is 13.0. The largest absolute Gasteiger partial charge is 0.0867 e. The SMILES string of the molecule is Cc1ccc2cc(CC[SiH](C(C)C)C(C)I)ccc2c1. The predicted octanol–water partition coefficient (Wildman–Crippen LogP) is 5.69. The topological polar surface area (TPSA) is 0 Å². The molecule has 108 valence electrons. The van der Waals surface area contributed by atoms with Gasteiger partial charge in [-0.15, -0.1) is 0 Å². The molecule has 0 aromatic heterocycles. The van der Waals surface area contributed by atoms with Gasteiger partial charge in [0.2, 0.25) is 0 Å². The predicted molar refractivity (Wildman–Crippen MR) is 103 cm³/mol. The molecule has 0 bridgehead atoms. The molecule has 0 aliphatic carbocycles. The maximum atomic E-state index is 2.64. The minimum absolute atomic E-state index is 0.634. The molecule has 0 radical (unpaired) electrons. The van der Waals surface area contributed by atoms with Gasteiger partial charge in [-0.25, -0.2) is 0 Å². The normalized spacial score (nSPS) is 14.7. The van der Waals surface area contributed by atoms with Crippen LogP contribution in [0.15, 0.2) is 36.4 Å². The van der Waals surface area contributed by atoms with Crippen molar-refractivity contribution in [1.82, 2.24) is 0 Å². The summed E-state index contributed by atoms with van der Waals surface area (Å²) < 4.78 is 0.885. The van der Waals surface area contributed by atoms with Gasteiger partial charge >= 0.3 is 0 Å². The summed E-state index contributed by atoms with van der Waals surface area (Å²) in [6, 6.07) is 15.2. The summed E-state index contributed by atoms with van der Waals surface area (Å²) in [6.45, 7) is 9.39. The van der Waals surface area contributed by atoms with E-state index in [4.69, 9.17) is 0 Å². The van der Waals surface area contributed by atoms with Crippen LogP contribution < -0.4 is 0 Å². The molecule has 0 saturated heterocycles. The van der Waals surface area contributed by atoms with Crippen LogP contribution in [-0.4, -0.2) is 12.3 Å². The highest BCUT2D eigenvalue weighted by Crippen LogP contribution is 2.24. The highest BCUT2D eigenvalue weighted by atomic mass is 127. The quantitative estimate of drug-likeness (QED) is 0.346. The molecule has 2 aromatic carbocycles. The van der Waals surface area contributed by atoms with Crippen LogP contribution in [0, 0.1) is 6.92 Å². The van der Waals surface area contributed by atoms with Gasteiger partial charge in [0.25, 0.3) is 0 Å². The lowest BCUT2D eigenvalue weighted by Gasteiger charge is -2.22. The summed E-state index contributed by atoms with van der Waals surface area (Å²) in [5.41, 5.74) is 3.76. The van der Waals surface area contributed by atoms with Gasteiger partial charge in [-0.2, -0.15) is 0 Å². The first-order chi connectivity index (χ1) is 9.47. The van der Waals surface area contributed by atoms with Crippen molar-refractivity contribution < 1.29 is 0 Å². The van der Waals surface area contributed by atoms with Gasteiger partial charge in [0.15, 0.2) is 0 Å². The third-order valence-corrected chi connectivity index (χ3v) is 10.9. The van der Waals surface area contributed by atoms with Crippen LogP contribution >= 0.6 is 22.6 Å². The van der Waals surface area contributed by atoms with Crippen LogP contribution in [0.5, 0.6) is 0 Å². The van der Waals surface area contributed by atoms with Crippen LogP contribution in [-0.2, 0) is 6.42 Å². The smallest absolute Gasteiger partial charge is 0.0541 e.